The number of nitrogens with zero attached hydrogens (tertiary/aromatic N) is 2. The number of likely N-dealkylation sites (tertiary alicyclic amines) is 1. The molecule has 0 spiro atoms. The van der Waals surface area contributed by atoms with E-state index in [9.17, 15) is 14.7 Å². The van der Waals surface area contributed by atoms with Crippen LogP contribution < -0.4 is 9.47 Å². The van der Waals surface area contributed by atoms with Crippen molar-refractivity contribution in [2.24, 2.45) is 0 Å². The van der Waals surface area contributed by atoms with Crippen molar-refractivity contribution in [1.82, 2.24) is 9.80 Å². The molecule has 2 aromatic carbocycles. The van der Waals surface area contributed by atoms with Crippen LogP contribution in [0.5, 0.6) is 11.5 Å². The lowest BCUT2D eigenvalue weighted by Crippen LogP contribution is -2.35. The molecule has 3 rings (SSSR count). The number of amides is 1. The van der Waals surface area contributed by atoms with Crippen molar-refractivity contribution in [3.63, 3.8) is 0 Å². The number of benzene rings is 2. The average Bonchev–Trinajstić information content (AvgIpc) is 3.03. The smallest absolute Gasteiger partial charge is 0.295 e. The molecular formula is C24H27ClN2O5. The third kappa shape index (κ3) is 4.74. The van der Waals surface area contributed by atoms with E-state index in [1.165, 1.54) is 12.0 Å². The highest BCUT2D eigenvalue weighted by Gasteiger charge is 2.46. The lowest BCUT2D eigenvalue weighted by atomic mass is 9.95. The summed E-state index contributed by atoms with van der Waals surface area (Å²) in [5.74, 6) is -0.588. The summed E-state index contributed by atoms with van der Waals surface area (Å²) >= 11 is 5.96. The van der Waals surface area contributed by atoms with E-state index >= 15 is 0 Å². The Hall–Kier alpha value is -3.03. The van der Waals surface area contributed by atoms with Crippen LogP contribution in [0.3, 0.4) is 0 Å². The fraction of sp³-hybridized carbons (Fsp3) is 0.333. The number of Topliss-reactive ketones (excluding diaryl/α,β-unsaturated/α-hetero) is 1. The summed E-state index contributed by atoms with van der Waals surface area (Å²) < 4.78 is 11.1. The maximum absolute atomic E-state index is 13.0. The minimum absolute atomic E-state index is 0.0299. The van der Waals surface area contributed by atoms with Gasteiger partial charge in [0.25, 0.3) is 11.7 Å². The number of carbonyl (C=O) groups is 2. The Kier molecular flexibility index (Phi) is 7.43. The van der Waals surface area contributed by atoms with E-state index in [1.54, 1.807) is 42.5 Å². The van der Waals surface area contributed by atoms with Crippen molar-refractivity contribution in [2.45, 2.75) is 13.0 Å². The zero-order chi connectivity index (χ0) is 23.4. The Morgan fingerprint density at radius 3 is 2.41 bits per heavy atom. The number of hydrogen-bond acceptors (Lipinski definition) is 6. The lowest BCUT2D eigenvalue weighted by Gasteiger charge is -2.27. The van der Waals surface area contributed by atoms with Crippen LogP contribution in [0.15, 0.2) is 48.0 Å². The lowest BCUT2D eigenvalue weighted by molar-refractivity contribution is -0.140. The maximum atomic E-state index is 13.0. The van der Waals surface area contributed by atoms with Crippen LogP contribution in [-0.2, 0) is 9.59 Å². The molecule has 0 aromatic heterocycles. The zero-order valence-electron chi connectivity index (χ0n) is 18.6. The van der Waals surface area contributed by atoms with E-state index in [1.807, 2.05) is 25.9 Å². The SMILES string of the molecule is CCOc1ccc(C2/C(=C(\O)c3ccc(Cl)cc3)C(=O)C(=O)N2CCN(C)C)cc1OC. The number of ketones is 1. The summed E-state index contributed by atoms with van der Waals surface area (Å²) in [4.78, 5) is 29.4. The minimum Gasteiger partial charge on any atom is -0.507 e. The molecule has 1 N–H and O–H groups in total. The van der Waals surface area contributed by atoms with Crippen molar-refractivity contribution in [1.29, 1.82) is 0 Å². The van der Waals surface area contributed by atoms with Crippen LogP contribution >= 0.6 is 11.6 Å². The van der Waals surface area contributed by atoms with Gasteiger partial charge in [-0.1, -0.05) is 17.7 Å². The Bertz CT molecular complexity index is 1030. The number of aliphatic hydroxyl groups excluding tert-OH is 1. The number of aliphatic hydroxyl groups is 1. The molecule has 0 aliphatic carbocycles. The third-order valence-electron chi connectivity index (χ3n) is 5.25. The van der Waals surface area contributed by atoms with Crippen molar-refractivity contribution < 1.29 is 24.2 Å². The summed E-state index contributed by atoms with van der Waals surface area (Å²) in [6.07, 6.45) is 0. The summed E-state index contributed by atoms with van der Waals surface area (Å²) in [6, 6.07) is 10.9. The highest BCUT2D eigenvalue weighted by atomic mass is 35.5. The van der Waals surface area contributed by atoms with Gasteiger partial charge in [0.15, 0.2) is 11.5 Å². The Labute approximate surface area is 192 Å². The average molecular weight is 459 g/mol. The molecule has 170 valence electrons. The number of carbonyl (C=O) groups excluding carboxylic acids is 2. The van der Waals surface area contributed by atoms with Gasteiger partial charge < -0.3 is 24.4 Å². The molecule has 1 amide bonds. The van der Waals surface area contributed by atoms with Crippen LogP contribution in [0.1, 0.15) is 24.1 Å². The van der Waals surface area contributed by atoms with E-state index < -0.39 is 17.7 Å². The summed E-state index contributed by atoms with van der Waals surface area (Å²) in [5, 5.41) is 11.6. The van der Waals surface area contributed by atoms with Crippen LogP contribution in [0.2, 0.25) is 5.02 Å². The quantitative estimate of drug-likeness (QED) is 0.369. The predicted molar refractivity (Wildman–Crippen MR) is 123 cm³/mol. The Balaban J connectivity index is 2.16. The number of likely N-dealkylation sites (N-methyl/N-ethyl adjacent to an activating group) is 1. The first kappa shape index (κ1) is 23.6. The highest BCUT2D eigenvalue weighted by Crippen LogP contribution is 2.42. The molecule has 1 unspecified atom stereocenters. The second-order valence-corrected chi connectivity index (χ2v) is 8.08. The molecular weight excluding hydrogens is 432 g/mol. The number of methoxy groups -OCH3 is 1. The van der Waals surface area contributed by atoms with Crippen LogP contribution in [-0.4, -0.2) is 67.5 Å². The molecule has 0 radical (unpaired) electrons. The molecule has 7 nitrogen and oxygen atoms in total. The minimum atomic E-state index is -0.768. The number of halogens is 1. The van der Waals surface area contributed by atoms with Crippen molar-refractivity contribution in [3.05, 3.63) is 64.2 Å². The largest absolute Gasteiger partial charge is 0.507 e. The number of rotatable bonds is 8. The Morgan fingerprint density at radius 2 is 1.81 bits per heavy atom. The normalized spacial score (nSPS) is 17.8. The van der Waals surface area contributed by atoms with Gasteiger partial charge in [-0.3, -0.25) is 9.59 Å². The van der Waals surface area contributed by atoms with E-state index in [0.717, 1.165) is 0 Å². The molecule has 1 saturated heterocycles. The highest BCUT2D eigenvalue weighted by molar-refractivity contribution is 6.46. The molecule has 1 aliphatic rings. The molecule has 1 atom stereocenters. The van der Waals surface area contributed by atoms with E-state index in [4.69, 9.17) is 21.1 Å². The van der Waals surface area contributed by atoms with Gasteiger partial charge in [-0.2, -0.15) is 0 Å². The van der Waals surface area contributed by atoms with Crippen molar-refractivity contribution in [3.8, 4) is 11.5 Å². The maximum Gasteiger partial charge on any atom is 0.295 e. The summed E-state index contributed by atoms with van der Waals surface area (Å²) in [7, 11) is 5.30. The van der Waals surface area contributed by atoms with Gasteiger partial charge in [0.05, 0.1) is 25.3 Å². The van der Waals surface area contributed by atoms with Crippen LogP contribution in [0.25, 0.3) is 5.76 Å². The monoisotopic (exact) mass is 458 g/mol. The first-order chi connectivity index (χ1) is 15.3. The van der Waals surface area contributed by atoms with Crippen LogP contribution in [0, 0.1) is 0 Å². The fourth-order valence-electron chi connectivity index (χ4n) is 3.66. The fourth-order valence-corrected chi connectivity index (χ4v) is 3.78. The van der Waals surface area contributed by atoms with Gasteiger partial charge in [0.2, 0.25) is 0 Å². The predicted octanol–water partition coefficient (Wildman–Crippen LogP) is 3.73. The Morgan fingerprint density at radius 1 is 1.12 bits per heavy atom. The topological polar surface area (TPSA) is 79.3 Å². The van der Waals surface area contributed by atoms with E-state index in [-0.39, 0.29) is 11.3 Å². The van der Waals surface area contributed by atoms with E-state index in [2.05, 4.69) is 0 Å². The standard InChI is InChI=1S/C24H27ClN2O5/c1-5-32-18-11-8-16(14-19(18)31-4)21-20(22(28)15-6-9-17(25)10-7-15)23(29)24(30)27(21)13-12-26(2)3/h6-11,14,21,28H,5,12-13H2,1-4H3/b22-20+. The molecule has 0 bridgehead atoms. The first-order valence-corrected chi connectivity index (χ1v) is 10.7. The van der Waals surface area contributed by atoms with Gasteiger partial charge in [-0.15, -0.1) is 0 Å². The van der Waals surface area contributed by atoms with Gasteiger partial charge in [0, 0.05) is 23.7 Å². The second-order valence-electron chi connectivity index (χ2n) is 7.65. The summed E-state index contributed by atoms with van der Waals surface area (Å²) in [6.45, 7) is 3.21. The number of hydrogen-bond donors (Lipinski definition) is 1. The molecule has 2 aromatic rings. The van der Waals surface area contributed by atoms with Crippen LogP contribution in [0.4, 0.5) is 0 Å². The third-order valence-corrected chi connectivity index (χ3v) is 5.50. The van der Waals surface area contributed by atoms with Gasteiger partial charge in [0.1, 0.15) is 5.76 Å². The second kappa shape index (κ2) is 10.1. The summed E-state index contributed by atoms with van der Waals surface area (Å²) in [5.41, 5.74) is 1.07. The molecule has 1 heterocycles. The first-order valence-electron chi connectivity index (χ1n) is 10.3. The van der Waals surface area contributed by atoms with Gasteiger partial charge in [-0.25, -0.2) is 0 Å². The molecule has 1 fully saturated rings. The number of ether oxygens (including phenoxy) is 2. The molecule has 1 aliphatic heterocycles. The molecule has 32 heavy (non-hydrogen) atoms. The van der Waals surface area contributed by atoms with Crippen molar-refractivity contribution >= 4 is 29.1 Å². The molecule has 8 heteroatoms. The molecule has 0 saturated carbocycles. The van der Waals surface area contributed by atoms with E-state index in [0.29, 0.717) is 47.3 Å². The van der Waals surface area contributed by atoms with Gasteiger partial charge >= 0.3 is 0 Å². The van der Waals surface area contributed by atoms with Gasteiger partial charge in [-0.05, 0) is 63.0 Å². The van der Waals surface area contributed by atoms with Crippen molar-refractivity contribution in [2.75, 3.05) is 40.9 Å². The zero-order valence-corrected chi connectivity index (χ0v) is 19.3.